The van der Waals surface area contributed by atoms with Crippen LogP contribution in [0, 0.1) is 5.82 Å². The van der Waals surface area contributed by atoms with Gasteiger partial charge in [0.1, 0.15) is 5.82 Å². The Kier molecular flexibility index (Phi) is 5.85. The van der Waals surface area contributed by atoms with E-state index in [-0.39, 0.29) is 11.9 Å². The highest BCUT2D eigenvalue weighted by Crippen LogP contribution is 2.19. The Morgan fingerprint density at radius 3 is 2.39 bits per heavy atom. The fourth-order valence-electron chi connectivity index (χ4n) is 3.60. The molecule has 2 heterocycles. The number of aromatic nitrogens is 1. The summed E-state index contributed by atoms with van der Waals surface area (Å²) in [5, 5.41) is 0. The number of carbonyl (C=O) groups excluding carboxylic acids is 2. The van der Waals surface area contributed by atoms with Crippen LogP contribution in [-0.2, 0) is 11.4 Å². The van der Waals surface area contributed by atoms with Crippen LogP contribution in [-0.4, -0.2) is 59.0 Å². The molecule has 8 nitrogen and oxygen atoms in total. The number of oxazole rings is 1. The summed E-state index contributed by atoms with van der Waals surface area (Å²) in [6.45, 7) is 4.63. The van der Waals surface area contributed by atoms with Gasteiger partial charge in [-0.1, -0.05) is 0 Å². The third-order valence-electron chi connectivity index (χ3n) is 5.28. The average molecular weight is 427 g/mol. The van der Waals surface area contributed by atoms with Crippen molar-refractivity contribution in [1.29, 1.82) is 0 Å². The van der Waals surface area contributed by atoms with Gasteiger partial charge in [-0.2, -0.15) is 0 Å². The van der Waals surface area contributed by atoms with E-state index >= 15 is 0 Å². The molecule has 4 rings (SSSR count). The van der Waals surface area contributed by atoms with Gasteiger partial charge >= 0.3 is 11.8 Å². The van der Waals surface area contributed by atoms with E-state index in [0.29, 0.717) is 61.7 Å². The van der Waals surface area contributed by atoms with Crippen LogP contribution in [0.1, 0.15) is 22.8 Å². The van der Waals surface area contributed by atoms with E-state index in [1.165, 1.54) is 34.9 Å². The molecule has 0 aliphatic carbocycles. The molecule has 0 N–H and O–H groups in total. The molecule has 1 aromatic heterocycles. The van der Waals surface area contributed by atoms with E-state index in [1.54, 1.807) is 24.0 Å². The summed E-state index contributed by atoms with van der Waals surface area (Å²) in [5.41, 5.74) is 1.58. The first-order valence-corrected chi connectivity index (χ1v) is 10.0. The normalized spacial score (nSPS) is 14.7. The lowest BCUT2D eigenvalue weighted by molar-refractivity contribution is 0.0705. The zero-order valence-electron chi connectivity index (χ0n) is 17.0. The second-order valence-electron chi connectivity index (χ2n) is 7.26. The van der Waals surface area contributed by atoms with Crippen LogP contribution >= 0.6 is 0 Å². The Morgan fingerprint density at radius 1 is 1.03 bits per heavy atom. The molecule has 1 fully saturated rings. The molecular weight excluding hydrogens is 405 g/mol. The maximum atomic E-state index is 13.1. The van der Waals surface area contributed by atoms with Crippen molar-refractivity contribution in [2.75, 3.05) is 32.8 Å². The molecule has 0 saturated carbocycles. The molecule has 0 spiro atoms. The molecule has 9 heteroatoms. The standard InChI is InChI=1S/C22H22FN3O5/c1-2-30-21(28)25-11-9-24(10-12-25)14-26-18-8-5-16(13-19(18)31-22(26)29)20(27)15-3-6-17(23)7-4-15/h3-8,13H,2,9-12,14H2,1H3. The van der Waals surface area contributed by atoms with Gasteiger partial charge in [0, 0.05) is 37.3 Å². The largest absolute Gasteiger partial charge is 0.450 e. The number of fused-ring (bicyclic) bond motifs is 1. The molecule has 3 aromatic rings. The molecule has 1 amide bonds. The smallest absolute Gasteiger partial charge is 0.421 e. The number of amides is 1. The average Bonchev–Trinajstić information content (AvgIpc) is 3.08. The van der Waals surface area contributed by atoms with Crippen molar-refractivity contribution < 1.29 is 23.1 Å². The Balaban J connectivity index is 1.49. The van der Waals surface area contributed by atoms with Gasteiger partial charge in [-0.25, -0.2) is 14.0 Å². The van der Waals surface area contributed by atoms with E-state index in [4.69, 9.17) is 9.15 Å². The van der Waals surface area contributed by atoms with Gasteiger partial charge in [0.25, 0.3) is 0 Å². The number of ketones is 1. The van der Waals surface area contributed by atoms with Crippen LogP contribution in [0.15, 0.2) is 51.7 Å². The lowest BCUT2D eigenvalue weighted by atomic mass is 10.0. The summed E-state index contributed by atoms with van der Waals surface area (Å²) in [6, 6.07) is 10.1. The van der Waals surface area contributed by atoms with Crippen LogP contribution < -0.4 is 5.76 Å². The van der Waals surface area contributed by atoms with Gasteiger partial charge in [0.05, 0.1) is 18.8 Å². The van der Waals surface area contributed by atoms with Crippen molar-refractivity contribution in [3.63, 3.8) is 0 Å². The number of ether oxygens (including phenoxy) is 1. The predicted octanol–water partition coefficient (Wildman–Crippen LogP) is 2.70. The third kappa shape index (κ3) is 4.36. The molecule has 1 aliphatic heterocycles. The first kappa shape index (κ1) is 20.8. The third-order valence-corrected chi connectivity index (χ3v) is 5.28. The Hall–Kier alpha value is -3.46. The van der Waals surface area contributed by atoms with E-state index in [2.05, 4.69) is 0 Å². The summed E-state index contributed by atoms with van der Waals surface area (Å²) in [4.78, 5) is 40.6. The molecule has 0 bridgehead atoms. The number of rotatable bonds is 5. The number of halogens is 1. The van der Waals surface area contributed by atoms with Gasteiger partial charge in [-0.05, 0) is 49.4 Å². The fourth-order valence-corrected chi connectivity index (χ4v) is 3.60. The lowest BCUT2D eigenvalue weighted by Gasteiger charge is -2.33. The van der Waals surface area contributed by atoms with Crippen LogP contribution in [0.5, 0.6) is 0 Å². The number of hydrogen-bond acceptors (Lipinski definition) is 6. The molecule has 1 saturated heterocycles. The van der Waals surface area contributed by atoms with E-state index in [0.717, 1.165) is 0 Å². The van der Waals surface area contributed by atoms with Gasteiger partial charge in [0.15, 0.2) is 11.4 Å². The predicted molar refractivity (Wildman–Crippen MR) is 110 cm³/mol. The van der Waals surface area contributed by atoms with Crippen molar-refractivity contribution in [3.05, 3.63) is 70.0 Å². The highest BCUT2D eigenvalue weighted by molar-refractivity contribution is 6.10. The minimum atomic E-state index is -0.519. The van der Waals surface area contributed by atoms with E-state index in [1.807, 2.05) is 4.90 Å². The SMILES string of the molecule is CCOC(=O)N1CCN(Cn2c(=O)oc3cc(C(=O)c4ccc(F)cc4)ccc32)CC1. The Labute approximate surface area is 177 Å². The summed E-state index contributed by atoms with van der Waals surface area (Å²) in [7, 11) is 0. The van der Waals surface area contributed by atoms with Gasteiger partial charge < -0.3 is 14.1 Å². The Bertz CT molecular complexity index is 1160. The molecule has 31 heavy (non-hydrogen) atoms. The lowest BCUT2D eigenvalue weighted by Crippen LogP contribution is -2.49. The van der Waals surface area contributed by atoms with Crippen LogP contribution in [0.3, 0.4) is 0 Å². The van der Waals surface area contributed by atoms with Crippen molar-refractivity contribution in [2.45, 2.75) is 13.6 Å². The summed E-state index contributed by atoms with van der Waals surface area (Å²) in [5.74, 6) is -1.22. The zero-order chi connectivity index (χ0) is 22.0. The molecular formula is C22H22FN3O5. The van der Waals surface area contributed by atoms with E-state index < -0.39 is 11.6 Å². The molecule has 162 valence electrons. The number of benzene rings is 2. The minimum absolute atomic E-state index is 0.285. The van der Waals surface area contributed by atoms with Gasteiger partial charge in [-0.15, -0.1) is 0 Å². The van der Waals surface area contributed by atoms with Crippen molar-refractivity contribution in [1.82, 2.24) is 14.4 Å². The van der Waals surface area contributed by atoms with E-state index in [9.17, 15) is 18.8 Å². The van der Waals surface area contributed by atoms with Crippen LogP contribution in [0.4, 0.5) is 9.18 Å². The number of nitrogens with zero attached hydrogens (tertiary/aromatic N) is 3. The molecule has 0 unspecified atom stereocenters. The number of carbonyl (C=O) groups is 2. The molecule has 0 radical (unpaired) electrons. The minimum Gasteiger partial charge on any atom is -0.450 e. The molecule has 0 atom stereocenters. The van der Waals surface area contributed by atoms with Crippen molar-refractivity contribution in [3.8, 4) is 0 Å². The molecule has 2 aromatic carbocycles. The fraction of sp³-hybridized carbons (Fsp3) is 0.318. The van der Waals surface area contributed by atoms with Crippen molar-refractivity contribution in [2.24, 2.45) is 0 Å². The second kappa shape index (κ2) is 8.73. The first-order valence-electron chi connectivity index (χ1n) is 10.0. The highest BCUT2D eigenvalue weighted by atomic mass is 19.1. The van der Waals surface area contributed by atoms with Gasteiger partial charge in [-0.3, -0.25) is 14.3 Å². The van der Waals surface area contributed by atoms with Crippen LogP contribution in [0.25, 0.3) is 11.1 Å². The maximum Gasteiger partial charge on any atom is 0.421 e. The second-order valence-corrected chi connectivity index (χ2v) is 7.26. The quantitative estimate of drug-likeness (QED) is 0.582. The van der Waals surface area contributed by atoms with Crippen molar-refractivity contribution >= 4 is 23.0 Å². The summed E-state index contributed by atoms with van der Waals surface area (Å²) >= 11 is 0. The number of hydrogen-bond donors (Lipinski definition) is 0. The first-order chi connectivity index (χ1) is 15.0. The van der Waals surface area contributed by atoms with Gasteiger partial charge in [0.2, 0.25) is 0 Å². The highest BCUT2D eigenvalue weighted by Gasteiger charge is 2.23. The van der Waals surface area contributed by atoms with Crippen LogP contribution in [0.2, 0.25) is 0 Å². The zero-order valence-corrected chi connectivity index (χ0v) is 17.0. The maximum absolute atomic E-state index is 13.1. The summed E-state index contributed by atoms with van der Waals surface area (Å²) < 4.78 is 25.0. The summed E-state index contributed by atoms with van der Waals surface area (Å²) in [6.07, 6.45) is -0.327. The Morgan fingerprint density at radius 2 is 1.71 bits per heavy atom. The monoisotopic (exact) mass is 427 g/mol. The topological polar surface area (TPSA) is 85.0 Å². The molecule has 1 aliphatic rings. The number of piperazine rings is 1.